The smallest absolute Gasteiger partial charge is 0.105 e. The van der Waals surface area contributed by atoms with Gasteiger partial charge in [0, 0.05) is 31.7 Å². The molecule has 2 aromatic rings. The van der Waals surface area contributed by atoms with Gasteiger partial charge in [-0.25, -0.2) is 0 Å². The van der Waals surface area contributed by atoms with Gasteiger partial charge < -0.3 is 15.1 Å². The van der Waals surface area contributed by atoms with Gasteiger partial charge in [0.15, 0.2) is 0 Å². The molecule has 0 atom stereocenters. The summed E-state index contributed by atoms with van der Waals surface area (Å²) in [7, 11) is 0. The zero-order chi connectivity index (χ0) is 12.2. The molecule has 3 nitrogen and oxygen atoms in total. The number of para-hydroxylation sites is 1. The van der Waals surface area contributed by atoms with Gasteiger partial charge in [0.25, 0.3) is 0 Å². The molecule has 0 spiro atoms. The second-order valence-electron chi connectivity index (χ2n) is 4.63. The fourth-order valence-corrected chi connectivity index (χ4v) is 2.45. The lowest BCUT2D eigenvalue weighted by atomic mass is 10.1. The maximum Gasteiger partial charge on any atom is 0.105 e. The molecule has 0 radical (unpaired) electrons. The van der Waals surface area contributed by atoms with Gasteiger partial charge in [0.2, 0.25) is 0 Å². The van der Waals surface area contributed by atoms with Crippen molar-refractivity contribution in [1.82, 2.24) is 5.32 Å². The number of rotatable bonds is 5. The Bertz CT molecular complexity index is 505. The second-order valence-corrected chi connectivity index (χ2v) is 4.63. The normalized spacial score (nSPS) is 13.3. The monoisotopic (exact) mass is 242 g/mol. The first-order chi connectivity index (χ1) is 8.93. The lowest BCUT2D eigenvalue weighted by Crippen LogP contribution is -2.17. The zero-order valence-corrected chi connectivity index (χ0v) is 10.4. The van der Waals surface area contributed by atoms with E-state index in [0.29, 0.717) is 0 Å². The summed E-state index contributed by atoms with van der Waals surface area (Å²) in [6, 6.07) is 10.5. The molecular weight excluding hydrogens is 224 g/mol. The first kappa shape index (κ1) is 11.4. The third-order valence-electron chi connectivity index (χ3n) is 3.38. The van der Waals surface area contributed by atoms with E-state index in [-0.39, 0.29) is 0 Å². The third-order valence-corrected chi connectivity index (χ3v) is 3.38. The minimum Gasteiger partial charge on any atom is -0.469 e. The molecule has 1 aliphatic heterocycles. The van der Waals surface area contributed by atoms with Crippen molar-refractivity contribution >= 4 is 5.69 Å². The summed E-state index contributed by atoms with van der Waals surface area (Å²) in [5.74, 6) is 1.04. The molecule has 2 heterocycles. The van der Waals surface area contributed by atoms with E-state index >= 15 is 0 Å². The summed E-state index contributed by atoms with van der Waals surface area (Å²) in [4.78, 5) is 0. The Morgan fingerprint density at radius 1 is 1.22 bits per heavy atom. The molecule has 1 aromatic carbocycles. The van der Waals surface area contributed by atoms with Crippen molar-refractivity contribution in [1.29, 1.82) is 0 Å². The van der Waals surface area contributed by atoms with Gasteiger partial charge in [-0.1, -0.05) is 18.2 Å². The van der Waals surface area contributed by atoms with E-state index in [9.17, 15) is 0 Å². The standard InChI is InChI=1S/C15H18N2O/c1-3-12-6-9-17-15(12)13(4-1)11-16-8-7-14-5-2-10-18-14/h1-5,10,16-17H,6-9,11H2. The van der Waals surface area contributed by atoms with Crippen LogP contribution in [0.1, 0.15) is 16.9 Å². The average Bonchev–Trinajstić information content (AvgIpc) is 3.05. The highest BCUT2D eigenvalue weighted by atomic mass is 16.3. The molecule has 2 N–H and O–H groups in total. The number of anilines is 1. The lowest BCUT2D eigenvalue weighted by Gasteiger charge is -2.09. The van der Waals surface area contributed by atoms with Crippen LogP contribution >= 0.6 is 0 Å². The number of fused-ring (bicyclic) bond motifs is 1. The highest BCUT2D eigenvalue weighted by Gasteiger charge is 2.12. The molecule has 1 aliphatic rings. The van der Waals surface area contributed by atoms with Crippen molar-refractivity contribution in [2.24, 2.45) is 0 Å². The lowest BCUT2D eigenvalue weighted by molar-refractivity contribution is 0.499. The minimum absolute atomic E-state index is 0.914. The number of furan rings is 1. The van der Waals surface area contributed by atoms with E-state index in [2.05, 4.69) is 28.8 Å². The highest BCUT2D eigenvalue weighted by molar-refractivity contribution is 5.61. The molecule has 3 heteroatoms. The Morgan fingerprint density at radius 2 is 2.22 bits per heavy atom. The summed E-state index contributed by atoms with van der Waals surface area (Å²) in [5, 5.41) is 6.93. The van der Waals surface area contributed by atoms with Crippen LogP contribution in [0.5, 0.6) is 0 Å². The summed E-state index contributed by atoms with van der Waals surface area (Å²) < 4.78 is 5.31. The van der Waals surface area contributed by atoms with Crippen LogP contribution < -0.4 is 10.6 Å². The van der Waals surface area contributed by atoms with Crippen LogP contribution in [0.4, 0.5) is 5.69 Å². The Hall–Kier alpha value is -1.74. The first-order valence-corrected chi connectivity index (χ1v) is 6.51. The first-order valence-electron chi connectivity index (χ1n) is 6.51. The summed E-state index contributed by atoms with van der Waals surface area (Å²) in [6.45, 7) is 2.92. The highest BCUT2D eigenvalue weighted by Crippen LogP contribution is 2.26. The van der Waals surface area contributed by atoms with E-state index in [1.807, 2.05) is 12.1 Å². The van der Waals surface area contributed by atoms with Crippen molar-refractivity contribution < 1.29 is 4.42 Å². The van der Waals surface area contributed by atoms with E-state index in [1.54, 1.807) is 6.26 Å². The van der Waals surface area contributed by atoms with Crippen molar-refractivity contribution in [3.8, 4) is 0 Å². The molecule has 0 fully saturated rings. The molecule has 0 unspecified atom stereocenters. The zero-order valence-electron chi connectivity index (χ0n) is 10.4. The number of hydrogen-bond acceptors (Lipinski definition) is 3. The summed E-state index contributed by atoms with van der Waals surface area (Å²) in [5.41, 5.74) is 4.15. The SMILES string of the molecule is c1coc(CCNCc2cccc3c2NCC3)c1. The van der Waals surface area contributed by atoms with Gasteiger partial charge in [-0.15, -0.1) is 0 Å². The second kappa shape index (κ2) is 5.27. The topological polar surface area (TPSA) is 37.2 Å². The number of nitrogens with one attached hydrogen (secondary N) is 2. The van der Waals surface area contributed by atoms with Crippen LogP contribution in [-0.2, 0) is 19.4 Å². The van der Waals surface area contributed by atoms with Gasteiger partial charge in [0.05, 0.1) is 6.26 Å². The number of hydrogen-bond donors (Lipinski definition) is 2. The quantitative estimate of drug-likeness (QED) is 0.791. The predicted octanol–water partition coefficient (Wildman–Crippen LogP) is 2.58. The Kier molecular flexibility index (Phi) is 3.33. The van der Waals surface area contributed by atoms with Crippen LogP contribution in [0.2, 0.25) is 0 Å². The minimum atomic E-state index is 0.914. The largest absolute Gasteiger partial charge is 0.469 e. The van der Waals surface area contributed by atoms with Gasteiger partial charge >= 0.3 is 0 Å². The molecular formula is C15H18N2O. The molecule has 1 aromatic heterocycles. The molecule has 94 valence electrons. The van der Waals surface area contributed by atoms with E-state index in [4.69, 9.17) is 4.42 Å². The van der Waals surface area contributed by atoms with E-state index < -0.39 is 0 Å². The molecule has 18 heavy (non-hydrogen) atoms. The van der Waals surface area contributed by atoms with Gasteiger partial charge in [-0.2, -0.15) is 0 Å². The van der Waals surface area contributed by atoms with Gasteiger partial charge in [-0.05, 0) is 29.7 Å². The van der Waals surface area contributed by atoms with Gasteiger partial charge in [-0.3, -0.25) is 0 Å². The molecule has 3 rings (SSSR count). The van der Waals surface area contributed by atoms with E-state index in [0.717, 1.165) is 38.2 Å². The fraction of sp³-hybridized carbons (Fsp3) is 0.333. The average molecular weight is 242 g/mol. The molecule has 0 saturated heterocycles. The van der Waals surface area contributed by atoms with Crippen molar-refractivity contribution in [2.45, 2.75) is 19.4 Å². The Morgan fingerprint density at radius 3 is 3.11 bits per heavy atom. The van der Waals surface area contributed by atoms with Crippen molar-refractivity contribution in [3.63, 3.8) is 0 Å². The van der Waals surface area contributed by atoms with Crippen molar-refractivity contribution in [3.05, 3.63) is 53.5 Å². The van der Waals surface area contributed by atoms with Crippen LogP contribution in [0.25, 0.3) is 0 Å². The Labute approximate surface area is 107 Å². The molecule has 0 saturated carbocycles. The Balaban J connectivity index is 1.53. The van der Waals surface area contributed by atoms with Crippen molar-refractivity contribution in [2.75, 3.05) is 18.4 Å². The maximum absolute atomic E-state index is 5.31. The van der Waals surface area contributed by atoms with E-state index in [1.165, 1.54) is 16.8 Å². The van der Waals surface area contributed by atoms with Crippen LogP contribution in [0, 0.1) is 0 Å². The maximum atomic E-state index is 5.31. The van der Waals surface area contributed by atoms with Crippen LogP contribution in [0.15, 0.2) is 41.0 Å². The number of benzene rings is 1. The predicted molar refractivity (Wildman–Crippen MR) is 72.8 cm³/mol. The summed E-state index contributed by atoms with van der Waals surface area (Å²) in [6.07, 6.45) is 3.81. The molecule has 0 bridgehead atoms. The fourth-order valence-electron chi connectivity index (χ4n) is 2.45. The van der Waals surface area contributed by atoms with Crippen LogP contribution in [-0.4, -0.2) is 13.1 Å². The van der Waals surface area contributed by atoms with Gasteiger partial charge in [0.1, 0.15) is 5.76 Å². The third kappa shape index (κ3) is 2.41. The molecule has 0 aliphatic carbocycles. The molecule has 0 amide bonds. The van der Waals surface area contributed by atoms with Crippen LogP contribution in [0.3, 0.4) is 0 Å². The summed E-state index contributed by atoms with van der Waals surface area (Å²) >= 11 is 0.